The molecule has 0 aliphatic carbocycles. The Morgan fingerprint density at radius 3 is 2.91 bits per heavy atom. The van der Waals surface area contributed by atoms with Gasteiger partial charge < -0.3 is 9.26 Å². The van der Waals surface area contributed by atoms with Crippen molar-refractivity contribution in [3.05, 3.63) is 62.6 Å². The number of aromatic nitrogens is 1. The van der Waals surface area contributed by atoms with Crippen LogP contribution in [0.4, 0.5) is 5.69 Å². The van der Waals surface area contributed by atoms with Crippen LogP contribution in [0.3, 0.4) is 0 Å². The summed E-state index contributed by atoms with van der Waals surface area (Å²) < 4.78 is 10.8. The first-order valence-electron chi connectivity index (χ1n) is 6.19. The standard InChI is InChI=1S/C14H9ClN2O4S/c15-11-7-10(17(18)19)3-4-12(11)20-8-9-6-13(21-16-9)14-2-1-5-22-14/h1-7H,8H2. The smallest absolute Gasteiger partial charge is 0.271 e. The van der Waals surface area contributed by atoms with Gasteiger partial charge in [-0.3, -0.25) is 10.1 Å². The highest BCUT2D eigenvalue weighted by atomic mass is 35.5. The third kappa shape index (κ3) is 3.10. The summed E-state index contributed by atoms with van der Waals surface area (Å²) in [5, 5.41) is 16.7. The third-order valence-corrected chi connectivity index (χ3v) is 4.00. The number of benzene rings is 1. The van der Waals surface area contributed by atoms with Crippen LogP contribution in [0.2, 0.25) is 5.02 Å². The quantitative estimate of drug-likeness (QED) is 0.504. The van der Waals surface area contributed by atoms with Crippen molar-refractivity contribution in [2.75, 3.05) is 0 Å². The van der Waals surface area contributed by atoms with E-state index in [1.807, 2.05) is 17.5 Å². The lowest BCUT2D eigenvalue weighted by Crippen LogP contribution is -1.96. The van der Waals surface area contributed by atoms with Crippen molar-refractivity contribution in [3.8, 4) is 16.4 Å². The lowest BCUT2D eigenvalue weighted by Gasteiger charge is -2.05. The van der Waals surface area contributed by atoms with E-state index >= 15 is 0 Å². The van der Waals surface area contributed by atoms with Crippen molar-refractivity contribution in [1.29, 1.82) is 0 Å². The summed E-state index contributed by atoms with van der Waals surface area (Å²) in [6, 6.07) is 9.68. The van der Waals surface area contributed by atoms with E-state index in [2.05, 4.69) is 5.16 Å². The fourth-order valence-electron chi connectivity index (χ4n) is 1.79. The number of thiophene rings is 1. The second kappa shape index (κ2) is 6.17. The van der Waals surface area contributed by atoms with E-state index in [1.54, 1.807) is 17.4 Å². The molecule has 0 N–H and O–H groups in total. The van der Waals surface area contributed by atoms with Crippen molar-refractivity contribution < 1.29 is 14.2 Å². The van der Waals surface area contributed by atoms with Crippen LogP contribution in [-0.2, 0) is 6.61 Å². The molecule has 0 saturated heterocycles. The molecular formula is C14H9ClN2O4S. The van der Waals surface area contributed by atoms with Gasteiger partial charge in [0.1, 0.15) is 18.1 Å². The molecule has 0 bridgehead atoms. The molecule has 3 aromatic rings. The molecule has 0 atom stereocenters. The summed E-state index contributed by atoms with van der Waals surface area (Å²) in [4.78, 5) is 11.1. The second-order valence-electron chi connectivity index (χ2n) is 4.32. The Bertz CT molecular complexity index is 801. The second-order valence-corrected chi connectivity index (χ2v) is 5.68. The molecule has 1 aromatic carbocycles. The molecular weight excluding hydrogens is 328 g/mol. The summed E-state index contributed by atoms with van der Waals surface area (Å²) >= 11 is 7.51. The Balaban J connectivity index is 1.69. The Morgan fingerprint density at radius 2 is 2.23 bits per heavy atom. The zero-order valence-corrected chi connectivity index (χ0v) is 12.6. The molecule has 6 nitrogen and oxygen atoms in total. The zero-order chi connectivity index (χ0) is 15.5. The lowest BCUT2D eigenvalue weighted by atomic mass is 10.3. The molecule has 0 fully saturated rings. The molecule has 0 radical (unpaired) electrons. The average molecular weight is 337 g/mol. The van der Waals surface area contributed by atoms with Crippen molar-refractivity contribution in [3.63, 3.8) is 0 Å². The first-order valence-corrected chi connectivity index (χ1v) is 7.45. The number of ether oxygens (including phenoxy) is 1. The number of rotatable bonds is 5. The van der Waals surface area contributed by atoms with E-state index in [9.17, 15) is 10.1 Å². The van der Waals surface area contributed by atoms with E-state index in [0.717, 1.165) is 4.88 Å². The van der Waals surface area contributed by atoms with Gasteiger partial charge in [-0.15, -0.1) is 11.3 Å². The molecule has 0 aliphatic rings. The van der Waals surface area contributed by atoms with E-state index in [4.69, 9.17) is 20.9 Å². The SMILES string of the molecule is O=[N+]([O-])c1ccc(OCc2cc(-c3cccs3)on2)c(Cl)c1. The number of nitrogens with zero attached hydrogens (tertiary/aromatic N) is 2. The van der Waals surface area contributed by atoms with Crippen LogP contribution >= 0.6 is 22.9 Å². The highest BCUT2D eigenvalue weighted by molar-refractivity contribution is 7.13. The Kier molecular flexibility index (Phi) is 4.08. The van der Waals surface area contributed by atoms with Gasteiger partial charge in [-0.2, -0.15) is 0 Å². The number of hydrogen-bond acceptors (Lipinski definition) is 6. The van der Waals surface area contributed by atoms with Crippen molar-refractivity contribution in [1.82, 2.24) is 5.16 Å². The van der Waals surface area contributed by atoms with Gasteiger partial charge in [0.15, 0.2) is 5.76 Å². The predicted molar refractivity (Wildman–Crippen MR) is 82.3 cm³/mol. The average Bonchev–Trinajstić information content (AvgIpc) is 3.16. The number of nitro groups is 1. The summed E-state index contributed by atoms with van der Waals surface area (Å²) in [5.41, 5.74) is 0.525. The molecule has 2 aromatic heterocycles. The van der Waals surface area contributed by atoms with Gasteiger partial charge in [-0.25, -0.2) is 0 Å². The lowest BCUT2D eigenvalue weighted by molar-refractivity contribution is -0.384. The van der Waals surface area contributed by atoms with Crippen molar-refractivity contribution >= 4 is 28.6 Å². The van der Waals surface area contributed by atoms with E-state index in [-0.39, 0.29) is 17.3 Å². The van der Waals surface area contributed by atoms with E-state index in [0.29, 0.717) is 17.2 Å². The molecule has 0 spiro atoms. The Morgan fingerprint density at radius 1 is 1.36 bits per heavy atom. The van der Waals surface area contributed by atoms with Gasteiger partial charge in [0.25, 0.3) is 5.69 Å². The number of hydrogen-bond donors (Lipinski definition) is 0. The van der Waals surface area contributed by atoms with Crippen molar-refractivity contribution in [2.24, 2.45) is 0 Å². The van der Waals surface area contributed by atoms with Crippen molar-refractivity contribution in [2.45, 2.75) is 6.61 Å². The normalized spacial score (nSPS) is 10.6. The van der Waals surface area contributed by atoms with E-state index in [1.165, 1.54) is 18.2 Å². The van der Waals surface area contributed by atoms with Crippen LogP contribution in [0.1, 0.15) is 5.69 Å². The maximum absolute atomic E-state index is 10.6. The van der Waals surface area contributed by atoms with Crippen LogP contribution in [0.15, 0.2) is 46.3 Å². The van der Waals surface area contributed by atoms with Crippen LogP contribution in [0, 0.1) is 10.1 Å². The number of non-ortho nitro benzene ring substituents is 1. The molecule has 112 valence electrons. The maximum Gasteiger partial charge on any atom is 0.271 e. The largest absolute Gasteiger partial charge is 0.486 e. The highest BCUT2D eigenvalue weighted by Gasteiger charge is 2.12. The van der Waals surface area contributed by atoms with Gasteiger partial charge in [0.05, 0.1) is 14.8 Å². The monoisotopic (exact) mass is 336 g/mol. The number of halogens is 1. The van der Waals surface area contributed by atoms with Crippen LogP contribution in [0.5, 0.6) is 5.75 Å². The van der Waals surface area contributed by atoms with Crippen LogP contribution < -0.4 is 4.74 Å². The summed E-state index contributed by atoms with van der Waals surface area (Å²) in [6.45, 7) is 0.159. The van der Waals surface area contributed by atoms with Gasteiger partial charge in [0, 0.05) is 18.2 Å². The zero-order valence-electron chi connectivity index (χ0n) is 11.1. The fraction of sp³-hybridized carbons (Fsp3) is 0.0714. The molecule has 0 unspecified atom stereocenters. The van der Waals surface area contributed by atoms with Gasteiger partial charge in [-0.1, -0.05) is 22.8 Å². The Hall–Kier alpha value is -2.38. The first-order chi connectivity index (χ1) is 10.6. The number of nitro benzene ring substituents is 1. The van der Waals surface area contributed by atoms with E-state index < -0.39 is 4.92 Å². The minimum Gasteiger partial charge on any atom is -0.486 e. The van der Waals surface area contributed by atoms with Gasteiger partial charge in [-0.05, 0) is 17.5 Å². The Labute approximate surface area is 134 Å². The molecule has 22 heavy (non-hydrogen) atoms. The van der Waals surface area contributed by atoms with Gasteiger partial charge >= 0.3 is 0 Å². The highest BCUT2D eigenvalue weighted by Crippen LogP contribution is 2.30. The third-order valence-electron chi connectivity index (χ3n) is 2.82. The van der Waals surface area contributed by atoms with Gasteiger partial charge in [0.2, 0.25) is 0 Å². The molecule has 3 rings (SSSR count). The molecule has 8 heteroatoms. The molecule has 2 heterocycles. The molecule has 0 aliphatic heterocycles. The summed E-state index contributed by atoms with van der Waals surface area (Å²) in [5.74, 6) is 1.02. The van der Waals surface area contributed by atoms with Crippen LogP contribution in [0.25, 0.3) is 10.6 Å². The fourth-order valence-corrected chi connectivity index (χ4v) is 2.69. The predicted octanol–water partition coefficient (Wildman–Crippen LogP) is 4.54. The summed E-state index contributed by atoms with van der Waals surface area (Å²) in [6.07, 6.45) is 0. The maximum atomic E-state index is 10.6. The molecule has 0 amide bonds. The first kappa shape index (κ1) is 14.6. The minimum absolute atomic E-state index is 0.0845. The summed E-state index contributed by atoms with van der Waals surface area (Å²) in [7, 11) is 0. The topological polar surface area (TPSA) is 78.4 Å². The molecule has 0 saturated carbocycles. The van der Waals surface area contributed by atoms with Crippen LogP contribution in [-0.4, -0.2) is 10.1 Å². The minimum atomic E-state index is -0.513.